The van der Waals surface area contributed by atoms with Crippen molar-refractivity contribution < 1.29 is 0 Å². The van der Waals surface area contributed by atoms with Gasteiger partial charge in [0.1, 0.15) is 0 Å². The highest BCUT2D eigenvalue weighted by Crippen LogP contribution is 2.28. The number of unbranched alkanes of at least 4 members (excludes halogenated alkanes) is 3. The summed E-state index contributed by atoms with van der Waals surface area (Å²) in [6, 6.07) is 5.87. The normalized spacial score (nSPS) is 12.4. The van der Waals surface area contributed by atoms with Crippen molar-refractivity contribution in [1.29, 1.82) is 0 Å². The Hall–Kier alpha value is -0.310. The third-order valence-corrected chi connectivity index (χ3v) is 3.71. The van der Waals surface area contributed by atoms with Gasteiger partial charge >= 0.3 is 0 Å². The van der Waals surface area contributed by atoms with Crippen LogP contribution in [-0.2, 0) is 0 Å². The monoisotopic (exact) mass is 315 g/mol. The summed E-state index contributed by atoms with van der Waals surface area (Å²) < 4.78 is 1.00. The molecule has 94 valence electrons. The van der Waals surface area contributed by atoms with Crippen molar-refractivity contribution in [2.45, 2.75) is 38.1 Å². The molecule has 0 aliphatic carbocycles. The lowest BCUT2D eigenvalue weighted by Crippen LogP contribution is -2.10. The lowest BCUT2D eigenvalue weighted by atomic mass is 10.0. The minimum Gasteiger partial charge on any atom is -0.324 e. The minimum absolute atomic E-state index is 0.0883. The highest BCUT2D eigenvalue weighted by molar-refractivity contribution is 9.10. The van der Waals surface area contributed by atoms with Crippen molar-refractivity contribution in [2.24, 2.45) is 5.73 Å². The standard InChI is InChI=1S/C14H19BrClN/c1-2-3-4-5-6-7-14(17)12-9-8-11(16)10-13(12)15/h2,8-10,14H,1,3-7,17H2. The Bertz CT molecular complexity index is 365. The van der Waals surface area contributed by atoms with E-state index in [9.17, 15) is 0 Å². The third kappa shape index (κ3) is 5.24. The summed E-state index contributed by atoms with van der Waals surface area (Å²) in [5.41, 5.74) is 7.30. The summed E-state index contributed by atoms with van der Waals surface area (Å²) in [6.07, 6.45) is 7.65. The van der Waals surface area contributed by atoms with Crippen molar-refractivity contribution in [3.8, 4) is 0 Å². The molecule has 0 saturated heterocycles. The fraction of sp³-hybridized carbons (Fsp3) is 0.429. The molecular weight excluding hydrogens is 298 g/mol. The molecule has 0 saturated carbocycles. The zero-order valence-corrected chi connectivity index (χ0v) is 12.3. The van der Waals surface area contributed by atoms with Gasteiger partial charge in [-0.15, -0.1) is 6.58 Å². The second kappa shape index (κ2) is 7.91. The van der Waals surface area contributed by atoms with Gasteiger partial charge in [-0.2, -0.15) is 0 Å². The van der Waals surface area contributed by atoms with E-state index in [1.54, 1.807) is 0 Å². The van der Waals surface area contributed by atoms with E-state index >= 15 is 0 Å². The molecule has 0 fully saturated rings. The fourth-order valence-electron chi connectivity index (χ4n) is 1.79. The summed E-state index contributed by atoms with van der Waals surface area (Å²) >= 11 is 9.41. The van der Waals surface area contributed by atoms with Crippen LogP contribution in [0.3, 0.4) is 0 Å². The zero-order valence-electron chi connectivity index (χ0n) is 9.96. The average Bonchev–Trinajstić information content (AvgIpc) is 2.28. The molecule has 2 N–H and O–H groups in total. The summed E-state index contributed by atoms with van der Waals surface area (Å²) in [7, 11) is 0. The zero-order chi connectivity index (χ0) is 12.7. The van der Waals surface area contributed by atoms with Crippen LogP contribution >= 0.6 is 27.5 Å². The maximum absolute atomic E-state index is 6.17. The maximum atomic E-state index is 6.17. The first-order valence-corrected chi connectivity index (χ1v) is 7.13. The second-order valence-corrected chi connectivity index (χ2v) is 5.49. The van der Waals surface area contributed by atoms with Gasteiger partial charge in [-0.05, 0) is 37.0 Å². The molecule has 17 heavy (non-hydrogen) atoms. The second-order valence-electron chi connectivity index (χ2n) is 4.20. The lowest BCUT2D eigenvalue weighted by molar-refractivity contribution is 0.571. The van der Waals surface area contributed by atoms with Crippen molar-refractivity contribution >= 4 is 27.5 Å². The quantitative estimate of drug-likeness (QED) is 0.540. The predicted molar refractivity (Wildman–Crippen MR) is 79.4 cm³/mol. The van der Waals surface area contributed by atoms with Gasteiger partial charge < -0.3 is 5.73 Å². The summed E-state index contributed by atoms with van der Waals surface area (Å²) in [5, 5.41) is 0.735. The van der Waals surface area contributed by atoms with Gasteiger partial charge in [0, 0.05) is 15.5 Å². The molecule has 1 atom stereocenters. The molecule has 0 heterocycles. The van der Waals surface area contributed by atoms with Crippen LogP contribution in [0.15, 0.2) is 35.3 Å². The number of hydrogen-bond donors (Lipinski definition) is 1. The molecule has 0 bridgehead atoms. The van der Waals surface area contributed by atoms with E-state index in [2.05, 4.69) is 22.5 Å². The van der Waals surface area contributed by atoms with Crippen LogP contribution in [0.25, 0.3) is 0 Å². The molecule has 1 unspecified atom stereocenters. The van der Waals surface area contributed by atoms with Crippen LogP contribution in [0, 0.1) is 0 Å². The maximum Gasteiger partial charge on any atom is 0.0417 e. The Morgan fingerprint density at radius 3 is 2.76 bits per heavy atom. The molecule has 1 aromatic carbocycles. The topological polar surface area (TPSA) is 26.0 Å². The van der Waals surface area contributed by atoms with E-state index in [1.807, 2.05) is 24.3 Å². The van der Waals surface area contributed by atoms with Gasteiger partial charge in [-0.25, -0.2) is 0 Å². The third-order valence-electron chi connectivity index (χ3n) is 2.79. The van der Waals surface area contributed by atoms with E-state index in [-0.39, 0.29) is 6.04 Å². The van der Waals surface area contributed by atoms with Crippen molar-refractivity contribution in [3.63, 3.8) is 0 Å². The number of halogens is 2. The Morgan fingerprint density at radius 2 is 2.12 bits per heavy atom. The highest BCUT2D eigenvalue weighted by atomic mass is 79.9. The summed E-state index contributed by atoms with van der Waals surface area (Å²) in [5.74, 6) is 0. The number of nitrogens with two attached hydrogens (primary N) is 1. The van der Waals surface area contributed by atoms with Gasteiger partial charge in [-0.1, -0.05) is 52.5 Å². The molecule has 1 rings (SSSR count). The van der Waals surface area contributed by atoms with Crippen LogP contribution < -0.4 is 5.73 Å². The SMILES string of the molecule is C=CCCCCCC(N)c1ccc(Cl)cc1Br. The van der Waals surface area contributed by atoms with Crippen molar-refractivity contribution in [1.82, 2.24) is 0 Å². The predicted octanol–water partition coefficient (Wildman–Crippen LogP) is 5.24. The molecule has 0 amide bonds. The van der Waals surface area contributed by atoms with E-state index in [0.717, 1.165) is 34.3 Å². The van der Waals surface area contributed by atoms with Gasteiger partial charge in [-0.3, -0.25) is 0 Å². The lowest BCUT2D eigenvalue weighted by Gasteiger charge is -2.13. The van der Waals surface area contributed by atoms with Gasteiger partial charge in [0.25, 0.3) is 0 Å². The highest BCUT2D eigenvalue weighted by Gasteiger charge is 2.09. The Balaban J connectivity index is 2.41. The first-order chi connectivity index (χ1) is 8.15. The smallest absolute Gasteiger partial charge is 0.0417 e. The number of benzene rings is 1. The number of rotatable bonds is 7. The number of allylic oxidation sites excluding steroid dienone is 1. The number of hydrogen-bond acceptors (Lipinski definition) is 1. The van der Waals surface area contributed by atoms with E-state index in [4.69, 9.17) is 17.3 Å². The van der Waals surface area contributed by atoms with Crippen molar-refractivity contribution in [2.75, 3.05) is 0 Å². The fourth-order valence-corrected chi connectivity index (χ4v) is 2.76. The van der Waals surface area contributed by atoms with Crippen molar-refractivity contribution in [3.05, 3.63) is 45.9 Å². The molecule has 0 radical (unpaired) electrons. The molecule has 1 aromatic rings. The molecule has 0 spiro atoms. The molecule has 0 aliphatic heterocycles. The molecule has 0 aliphatic rings. The van der Waals surface area contributed by atoms with Crippen LogP contribution in [0.5, 0.6) is 0 Å². The van der Waals surface area contributed by atoms with E-state index in [1.165, 1.54) is 12.8 Å². The van der Waals surface area contributed by atoms with Crippen LogP contribution in [0.1, 0.15) is 43.7 Å². The molecular formula is C14H19BrClN. The molecule has 3 heteroatoms. The van der Waals surface area contributed by atoms with Crippen LogP contribution in [0.2, 0.25) is 5.02 Å². The first-order valence-electron chi connectivity index (χ1n) is 5.96. The Morgan fingerprint density at radius 1 is 1.35 bits per heavy atom. The Kier molecular flexibility index (Phi) is 6.86. The average molecular weight is 317 g/mol. The minimum atomic E-state index is 0.0883. The molecule has 0 aromatic heterocycles. The van der Waals surface area contributed by atoms with Crippen LogP contribution in [0.4, 0.5) is 0 Å². The Labute approximate surface area is 117 Å². The first kappa shape index (κ1) is 14.7. The molecule has 1 nitrogen and oxygen atoms in total. The van der Waals surface area contributed by atoms with Gasteiger partial charge in [0.05, 0.1) is 0 Å². The summed E-state index contributed by atoms with van der Waals surface area (Å²) in [6.45, 7) is 3.72. The van der Waals surface area contributed by atoms with E-state index in [0.29, 0.717) is 0 Å². The van der Waals surface area contributed by atoms with Crippen LogP contribution in [-0.4, -0.2) is 0 Å². The van der Waals surface area contributed by atoms with Gasteiger partial charge in [0.2, 0.25) is 0 Å². The van der Waals surface area contributed by atoms with E-state index < -0.39 is 0 Å². The largest absolute Gasteiger partial charge is 0.324 e. The van der Waals surface area contributed by atoms with Gasteiger partial charge in [0.15, 0.2) is 0 Å². The summed E-state index contributed by atoms with van der Waals surface area (Å²) in [4.78, 5) is 0.